The Morgan fingerprint density at radius 3 is 1.51 bits per heavy atom. The number of carbonyl (C=O) groups excluding carboxylic acids is 4. The zero-order chi connectivity index (χ0) is 38.0. The third-order valence-corrected chi connectivity index (χ3v) is 11.9. The van der Waals surface area contributed by atoms with Gasteiger partial charge in [0.2, 0.25) is 23.6 Å². The SMILES string of the molecule is Cc1cc(C2C3=CCC4C(=O)N(c5ccc(Nc6ccccc6)cc5)C(=O)C4C3CC3C(=O)N(c4ccc(Nc5ccccc5)cc4)C(=O)C32)cc(C)c1O. The van der Waals surface area contributed by atoms with Gasteiger partial charge in [-0.25, -0.2) is 0 Å². The van der Waals surface area contributed by atoms with E-state index in [1.165, 1.54) is 9.80 Å². The highest BCUT2D eigenvalue weighted by Crippen LogP contribution is 2.59. The van der Waals surface area contributed by atoms with E-state index in [0.29, 0.717) is 28.9 Å². The number of hydrogen-bond donors (Lipinski definition) is 3. The van der Waals surface area contributed by atoms with E-state index in [0.717, 1.165) is 33.9 Å². The maximum atomic E-state index is 14.6. The molecule has 6 atom stereocenters. The van der Waals surface area contributed by atoms with Crippen molar-refractivity contribution >= 4 is 57.8 Å². The van der Waals surface area contributed by atoms with E-state index in [1.54, 1.807) is 24.3 Å². The Bertz CT molecular complexity index is 2350. The Balaban J connectivity index is 1.05. The predicted octanol–water partition coefficient (Wildman–Crippen LogP) is 8.54. The number of phenols is 1. The van der Waals surface area contributed by atoms with Gasteiger partial charge in [-0.15, -0.1) is 0 Å². The summed E-state index contributed by atoms with van der Waals surface area (Å²) in [4.78, 5) is 60.4. The lowest BCUT2D eigenvalue weighted by molar-refractivity contribution is -0.126. The van der Waals surface area contributed by atoms with Gasteiger partial charge in [0.15, 0.2) is 0 Å². The molecule has 2 saturated heterocycles. The molecule has 5 aromatic carbocycles. The van der Waals surface area contributed by atoms with Crippen LogP contribution in [0.5, 0.6) is 5.75 Å². The minimum absolute atomic E-state index is 0.183. The molecule has 0 aromatic heterocycles. The van der Waals surface area contributed by atoms with Crippen molar-refractivity contribution in [2.75, 3.05) is 20.4 Å². The van der Waals surface area contributed by atoms with Crippen LogP contribution in [0.25, 0.3) is 0 Å². The molecule has 1 saturated carbocycles. The Morgan fingerprint density at radius 1 is 0.545 bits per heavy atom. The molecular weight excluding hydrogens is 689 g/mol. The van der Waals surface area contributed by atoms with Gasteiger partial charge >= 0.3 is 0 Å². The van der Waals surface area contributed by atoms with Gasteiger partial charge in [0.05, 0.1) is 35.0 Å². The highest BCUT2D eigenvalue weighted by molar-refractivity contribution is 6.24. The number of phenolic OH excluding ortho intramolecular Hbond substituents is 1. The van der Waals surface area contributed by atoms with Crippen molar-refractivity contribution in [3.63, 3.8) is 0 Å². The number of aryl methyl sites for hydroxylation is 2. The van der Waals surface area contributed by atoms with Gasteiger partial charge in [-0.2, -0.15) is 0 Å². The van der Waals surface area contributed by atoms with Crippen LogP contribution in [0.4, 0.5) is 34.1 Å². The fraction of sp³-hybridized carbons (Fsp3) is 0.217. The summed E-state index contributed by atoms with van der Waals surface area (Å²) < 4.78 is 0. The number of hydrogen-bond acceptors (Lipinski definition) is 7. The highest BCUT2D eigenvalue weighted by Gasteiger charge is 2.62. The molecule has 0 bridgehead atoms. The van der Waals surface area contributed by atoms with E-state index in [1.807, 2.05) is 111 Å². The third-order valence-electron chi connectivity index (χ3n) is 11.9. The van der Waals surface area contributed by atoms with Crippen LogP contribution in [-0.4, -0.2) is 28.7 Å². The van der Waals surface area contributed by atoms with Gasteiger partial charge in [0.25, 0.3) is 0 Å². The van der Waals surface area contributed by atoms with E-state index >= 15 is 0 Å². The van der Waals surface area contributed by atoms with Crippen molar-refractivity contribution in [1.29, 1.82) is 0 Å². The van der Waals surface area contributed by atoms with Crippen LogP contribution < -0.4 is 20.4 Å². The van der Waals surface area contributed by atoms with Gasteiger partial charge in [-0.1, -0.05) is 60.2 Å². The first-order chi connectivity index (χ1) is 26.7. The molecule has 5 aromatic rings. The van der Waals surface area contributed by atoms with Crippen LogP contribution in [0.3, 0.4) is 0 Å². The second-order valence-corrected chi connectivity index (χ2v) is 15.1. The largest absolute Gasteiger partial charge is 0.507 e. The maximum Gasteiger partial charge on any atom is 0.238 e. The Morgan fingerprint density at radius 2 is 1.00 bits per heavy atom. The van der Waals surface area contributed by atoms with Gasteiger partial charge < -0.3 is 15.7 Å². The quantitative estimate of drug-likeness (QED) is 0.114. The van der Waals surface area contributed by atoms with Crippen LogP contribution in [-0.2, 0) is 19.2 Å². The van der Waals surface area contributed by atoms with E-state index in [4.69, 9.17) is 0 Å². The van der Waals surface area contributed by atoms with Crippen molar-refractivity contribution < 1.29 is 24.3 Å². The molecule has 9 rings (SSSR count). The average Bonchev–Trinajstić information content (AvgIpc) is 3.60. The molecule has 0 spiro atoms. The molecular formula is C46H40N4O5. The fourth-order valence-electron chi connectivity index (χ4n) is 9.41. The first kappa shape index (κ1) is 34.3. The summed E-state index contributed by atoms with van der Waals surface area (Å²) in [5.41, 5.74) is 7.55. The lowest BCUT2D eigenvalue weighted by atomic mass is 9.57. The molecule has 2 heterocycles. The molecule has 4 amide bonds. The van der Waals surface area contributed by atoms with Crippen LogP contribution >= 0.6 is 0 Å². The first-order valence-electron chi connectivity index (χ1n) is 18.8. The predicted molar refractivity (Wildman–Crippen MR) is 212 cm³/mol. The van der Waals surface area contributed by atoms with Crippen molar-refractivity contribution in [3.8, 4) is 5.75 Å². The van der Waals surface area contributed by atoms with Crippen LogP contribution in [0.2, 0.25) is 0 Å². The van der Waals surface area contributed by atoms with E-state index in [2.05, 4.69) is 16.7 Å². The molecule has 9 nitrogen and oxygen atoms in total. The number of benzene rings is 5. The summed E-state index contributed by atoms with van der Waals surface area (Å²) in [5, 5.41) is 17.4. The number of nitrogens with zero attached hydrogens (tertiary/aromatic N) is 2. The Hall–Kier alpha value is -6.48. The van der Waals surface area contributed by atoms with Crippen molar-refractivity contribution in [3.05, 3.63) is 150 Å². The second-order valence-electron chi connectivity index (χ2n) is 15.1. The Labute approximate surface area is 319 Å². The van der Waals surface area contributed by atoms with Crippen molar-refractivity contribution in [2.24, 2.45) is 29.6 Å². The Kier molecular flexibility index (Phi) is 8.37. The van der Waals surface area contributed by atoms with Crippen LogP contribution in [0.15, 0.2) is 133 Å². The smallest absolute Gasteiger partial charge is 0.238 e. The molecule has 3 fully saturated rings. The molecule has 6 unspecified atom stereocenters. The standard InChI is InChI=1S/C46H40N4O5/c1-26-23-28(24-27(2)42(26)51)39-35-21-22-36-40(45(54)49(43(36)52)33-17-13-31(14-18-33)47-29-9-5-3-6-10-29)37(35)25-38-41(39)46(55)50(44(38)53)34-19-15-32(16-20-34)48-30-11-7-4-8-12-30/h3-21,23-24,36-41,47-48,51H,22,25H2,1-2H3. The summed E-state index contributed by atoms with van der Waals surface area (Å²) in [6.45, 7) is 3.65. The number of anilines is 6. The minimum atomic E-state index is -0.704. The van der Waals surface area contributed by atoms with E-state index in [9.17, 15) is 24.3 Å². The normalized spacial score (nSPS) is 24.3. The molecule has 9 heteroatoms. The zero-order valence-electron chi connectivity index (χ0n) is 30.5. The van der Waals surface area contributed by atoms with Crippen LogP contribution in [0, 0.1) is 43.4 Å². The average molecular weight is 729 g/mol. The number of allylic oxidation sites excluding steroid dienone is 2. The van der Waals surface area contributed by atoms with Crippen molar-refractivity contribution in [1.82, 2.24) is 0 Å². The molecule has 0 radical (unpaired) electrons. The van der Waals surface area contributed by atoms with E-state index in [-0.39, 0.29) is 35.8 Å². The number of para-hydroxylation sites is 2. The fourth-order valence-corrected chi connectivity index (χ4v) is 9.41. The number of imide groups is 2. The monoisotopic (exact) mass is 728 g/mol. The molecule has 2 aliphatic carbocycles. The zero-order valence-corrected chi connectivity index (χ0v) is 30.5. The highest BCUT2D eigenvalue weighted by atomic mass is 16.3. The maximum absolute atomic E-state index is 14.6. The minimum Gasteiger partial charge on any atom is -0.507 e. The summed E-state index contributed by atoms with van der Waals surface area (Å²) in [7, 11) is 0. The van der Waals surface area contributed by atoms with E-state index < -0.39 is 35.5 Å². The lowest BCUT2D eigenvalue weighted by Crippen LogP contribution is -2.43. The first-order valence-corrected chi connectivity index (χ1v) is 18.8. The van der Waals surface area contributed by atoms with Gasteiger partial charge in [-0.05, 0) is 122 Å². The third kappa shape index (κ3) is 5.78. The van der Waals surface area contributed by atoms with Gasteiger partial charge in [0.1, 0.15) is 5.75 Å². The summed E-state index contributed by atoms with van der Waals surface area (Å²) >= 11 is 0. The number of amides is 4. The second kappa shape index (κ2) is 13.4. The number of aromatic hydroxyl groups is 1. The molecule has 55 heavy (non-hydrogen) atoms. The summed E-state index contributed by atoms with van der Waals surface area (Å²) in [6.07, 6.45) is 2.69. The molecule has 3 N–H and O–H groups in total. The summed E-state index contributed by atoms with van der Waals surface area (Å²) in [6, 6.07) is 37.8. The van der Waals surface area contributed by atoms with Crippen LogP contribution in [0.1, 0.15) is 35.4 Å². The van der Waals surface area contributed by atoms with Gasteiger partial charge in [-0.3, -0.25) is 29.0 Å². The molecule has 274 valence electrons. The number of rotatable bonds is 7. The summed E-state index contributed by atoms with van der Waals surface area (Å²) in [5.74, 6) is -4.50. The number of fused-ring (bicyclic) bond motifs is 4. The number of carbonyl (C=O) groups is 4. The topological polar surface area (TPSA) is 119 Å². The number of nitrogens with one attached hydrogen (secondary N) is 2. The molecule has 4 aliphatic rings. The van der Waals surface area contributed by atoms with Crippen molar-refractivity contribution in [2.45, 2.75) is 32.6 Å². The lowest BCUT2D eigenvalue weighted by Gasteiger charge is -2.44. The van der Waals surface area contributed by atoms with Gasteiger partial charge in [0, 0.05) is 28.7 Å². The molecule has 2 aliphatic heterocycles.